The molecule has 4 nitrogen and oxygen atoms in total. The van der Waals surface area contributed by atoms with E-state index in [1.165, 1.54) is 40.9 Å². The van der Waals surface area contributed by atoms with Gasteiger partial charge in [-0.15, -0.1) is 0 Å². The molecule has 168 valence electrons. The zero-order valence-corrected chi connectivity index (χ0v) is 19.6. The van der Waals surface area contributed by atoms with Gasteiger partial charge in [0.1, 0.15) is 10.1 Å². The fourth-order valence-corrected chi connectivity index (χ4v) is 5.29. The molecule has 1 aliphatic heterocycles. The van der Waals surface area contributed by atoms with Gasteiger partial charge in [0.25, 0.3) is 5.91 Å². The van der Waals surface area contributed by atoms with Gasteiger partial charge in [0.15, 0.2) is 0 Å². The first-order chi connectivity index (χ1) is 16.5. The number of nitrogens with one attached hydrogen (secondary N) is 1. The normalized spacial score (nSPS) is 15.0. The zero-order chi connectivity index (χ0) is 23.7. The van der Waals surface area contributed by atoms with Crippen LogP contribution in [0.3, 0.4) is 0 Å². The monoisotopic (exact) mass is 486 g/mol. The molecule has 4 aromatic carbocycles. The molecule has 34 heavy (non-hydrogen) atoms. The van der Waals surface area contributed by atoms with Gasteiger partial charge in [-0.05, 0) is 63.5 Å². The van der Waals surface area contributed by atoms with Crippen LogP contribution in [0.2, 0.25) is 0 Å². The number of hydrogen-bond acceptors (Lipinski definition) is 4. The molecule has 0 spiro atoms. The fourth-order valence-electron chi connectivity index (χ4n) is 4.00. The molecule has 0 atom stereocenters. The first-order valence-electron chi connectivity index (χ1n) is 10.7. The highest BCUT2D eigenvalue weighted by atomic mass is 32.2. The minimum atomic E-state index is -0.374. The Bertz CT molecular complexity index is 1430. The van der Waals surface area contributed by atoms with Crippen LogP contribution in [0, 0.1) is 5.82 Å². The third-order valence-corrected chi connectivity index (χ3v) is 7.03. The summed E-state index contributed by atoms with van der Waals surface area (Å²) in [5, 5.41) is 7.02. The molecule has 0 saturated carbocycles. The van der Waals surface area contributed by atoms with Crippen molar-refractivity contribution < 1.29 is 14.0 Å². The largest absolute Gasteiger partial charge is 0.326 e. The molecular weight excluding hydrogens is 467 g/mol. The maximum atomic E-state index is 13.2. The summed E-state index contributed by atoms with van der Waals surface area (Å²) < 4.78 is 13.5. The number of nitrogens with zero attached hydrogens (tertiary/aromatic N) is 1. The van der Waals surface area contributed by atoms with Crippen molar-refractivity contribution in [2.45, 2.75) is 6.42 Å². The van der Waals surface area contributed by atoms with Gasteiger partial charge >= 0.3 is 0 Å². The topological polar surface area (TPSA) is 49.4 Å². The fraction of sp³-hybridized carbons (Fsp3) is 0.0741. The number of rotatable bonds is 5. The van der Waals surface area contributed by atoms with Crippen LogP contribution in [0.5, 0.6) is 0 Å². The van der Waals surface area contributed by atoms with Crippen LogP contribution in [0.25, 0.3) is 27.6 Å². The summed E-state index contributed by atoms with van der Waals surface area (Å²) in [4.78, 5) is 27.5. The van der Waals surface area contributed by atoms with E-state index in [-0.39, 0.29) is 30.6 Å². The number of hydrogen-bond donors (Lipinski definition) is 1. The van der Waals surface area contributed by atoms with Crippen molar-refractivity contribution in [3.63, 3.8) is 0 Å². The van der Waals surface area contributed by atoms with Crippen molar-refractivity contribution >= 4 is 73.4 Å². The molecule has 0 aliphatic carbocycles. The minimum Gasteiger partial charge on any atom is -0.326 e. The predicted octanol–water partition coefficient (Wildman–Crippen LogP) is 6.36. The van der Waals surface area contributed by atoms with E-state index in [4.69, 9.17) is 12.2 Å². The quantitative estimate of drug-likeness (QED) is 0.203. The standard InChI is InChI=1S/C27H19FN2O2S2/c28-19-9-11-20(12-10-19)29-25(31)13-14-30-26(32)24(34-27(30)33)16-23-21-7-3-1-5-17(21)15-18-6-2-4-8-22(18)23/h1-12,15-16H,13-14H2,(H,29,31)/b24-16-. The summed E-state index contributed by atoms with van der Waals surface area (Å²) in [5.41, 5.74) is 1.47. The molecular formula is C27H19FN2O2S2. The summed E-state index contributed by atoms with van der Waals surface area (Å²) >= 11 is 6.70. The van der Waals surface area contributed by atoms with Crippen LogP contribution in [0.1, 0.15) is 12.0 Å². The van der Waals surface area contributed by atoms with Gasteiger partial charge in [-0.3, -0.25) is 14.5 Å². The highest BCUT2D eigenvalue weighted by Gasteiger charge is 2.32. The third-order valence-electron chi connectivity index (χ3n) is 5.65. The van der Waals surface area contributed by atoms with Crippen LogP contribution in [-0.4, -0.2) is 27.6 Å². The summed E-state index contributed by atoms with van der Waals surface area (Å²) in [6.07, 6.45) is 1.98. The average Bonchev–Trinajstić information content (AvgIpc) is 3.11. The summed E-state index contributed by atoms with van der Waals surface area (Å²) in [5.74, 6) is -0.854. The van der Waals surface area contributed by atoms with E-state index in [2.05, 4.69) is 23.5 Å². The van der Waals surface area contributed by atoms with Crippen molar-refractivity contribution in [3.05, 3.63) is 95.1 Å². The number of thiocarbonyl (C=S) groups is 1. The molecule has 1 saturated heterocycles. The second kappa shape index (κ2) is 9.37. The van der Waals surface area contributed by atoms with Crippen molar-refractivity contribution in [2.75, 3.05) is 11.9 Å². The number of halogens is 1. The number of benzene rings is 4. The first-order valence-corrected chi connectivity index (χ1v) is 11.9. The van der Waals surface area contributed by atoms with Crippen molar-refractivity contribution in [1.82, 2.24) is 4.90 Å². The molecule has 2 amide bonds. The Morgan fingerprint density at radius 3 is 2.24 bits per heavy atom. The van der Waals surface area contributed by atoms with Gasteiger partial charge in [-0.2, -0.15) is 0 Å². The Kier molecular flexibility index (Phi) is 6.13. The number of carbonyl (C=O) groups is 2. The van der Waals surface area contributed by atoms with Crippen molar-refractivity contribution in [2.24, 2.45) is 0 Å². The first kappa shape index (κ1) is 22.3. The Morgan fingerprint density at radius 2 is 1.59 bits per heavy atom. The molecule has 0 radical (unpaired) electrons. The third kappa shape index (κ3) is 4.44. The van der Waals surface area contributed by atoms with E-state index < -0.39 is 0 Å². The number of fused-ring (bicyclic) bond motifs is 2. The van der Waals surface area contributed by atoms with Gasteiger partial charge in [0.2, 0.25) is 5.91 Å². The maximum Gasteiger partial charge on any atom is 0.266 e. The number of carbonyl (C=O) groups excluding carboxylic acids is 2. The molecule has 4 aromatic rings. The molecule has 0 unspecified atom stereocenters. The van der Waals surface area contributed by atoms with Crippen LogP contribution >= 0.6 is 24.0 Å². The minimum absolute atomic E-state index is 0.0777. The highest BCUT2D eigenvalue weighted by molar-refractivity contribution is 8.26. The van der Waals surface area contributed by atoms with Crippen LogP contribution in [0.15, 0.2) is 83.8 Å². The lowest BCUT2D eigenvalue weighted by atomic mass is 9.96. The second-order valence-electron chi connectivity index (χ2n) is 7.87. The van der Waals surface area contributed by atoms with Gasteiger partial charge in [0.05, 0.1) is 4.91 Å². The SMILES string of the molecule is O=C(CCN1C(=O)/C(=C/c2c3ccccc3cc3ccccc23)SC1=S)Nc1ccc(F)cc1. The van der Waals surface area contributed by atoms with Gasteiger partial charge in [-0.25, -0.2) is 4.39 Å². The van der Waals surface area contributed by atoms with Gasteiger partial charge in [-0.1, -0.05) is 72.5 Å². The zero-order valence-electron chi connectivity index (χ0n) is 18.0. The Morgan fingerprint density at radius 1 is 0.971 bits per heavy atom. The number of amides is 2. The lowest BCUT2D eigenvalue weighted by Gasteiger charge is -2.14. The molecule has 5 rings (SSSR count). The lowest BCUT2D eigenvalue weighted by molar-refractivity contribution is -0.122. The second-order valence-corrected chi connectivity index (χ2v) is 9.55. The van der Waals surface area contributed by atoms with Crippen LogP contribution < -0.4 is 5.32 Å². The molecule has 1 heterocycles. The summed E-state index contributed by atoms with van der Waals surface area (Å²) in [7, 11) is 0. The summed E-state index contributed by atoms with van der Waals surface area (Å²) in [6.45, 7) is 0.172. The molecule has 1 fully saturated rings. The van der Waals surface area contributed by atoms with E-state index in [1.54, 1.807) is 0 Å². The average molecular weight is 487 g/mol. The Balaban J connectivity index is 1.38. The molecule has 1 aliphatic rings. The van der Waals surface area contributed by atoms with Gasteiger partial charge in [0, 0.05) is 18.7 Å². The molecule has 1 N–H and O–H groups in total. The lowest BCUT2D eigenvalue weighted by Crippen LogP contribution is -2.31. The highest BCUT2D eigenvalue weighted by Crippen LogP contribution is 2.36. The van der Waals surface area contributed by atoms with E-state index in [0.717, 1.165) is 27.1 Å². The molecule has 7 heteroatoms. The number of anilines is 1. The van der Waals surface area contributed by atoms with Crippen molar-refractivity contribution in [1.29, 1.82) is 0 Å². The Labute approximate surface area is 205 Å². The summed E-state index contributed by atoms with van der Waals surface area (Å²) in [6, 6.07) is 23.9. The van der Waals surface area contributed by atoms with Crippen molar-refractivity contribution in [3.8, 4) is 0 Å². The molecule has 0 aromatic heterocycles. The van der Waals surface area contributed by atoms with E-state index >= 15 is 0 Å². The smallest absolute Gasteiger partial charge is 0.266 e. The number of thioether (sulfide) groups is 1. The van der Waals surface area contributed by atoms with Crippen LogP contribution in [0.4, 0.5) is 10.1 Å². The van der Waals surface area contributed by atoms with E-state index in [0.29, 0.717) is 14.9 Å². The van der Waals surface area contributed by atoms with Crippen LogP contribution in [-0.2, 0) is 9.59 Å². The van der Waals surface area contributed by atoms with E-state index in [1.807, 2.05) is 42.5 Å². The van der Waals surface area contributed by atoms with Gasteiger partial charge < -0.3 is 5.32 Å². The van der Waals surface area contributed by atoms with E-state index in [9.17, 15) is 14.0 Å². The molecule has 0 bridgehead atoms. The predicted molar refractivity (Wildman–Crippen MR) is 141 cm³/mol. The Hall–Kier alpha value is -3.55. The maximum absolute atomic E-state index is 13.2.